The second-order valence-corrected chi connectivity index (χ2v) is 4.55. The van der Waals surface area contributed by atoms with Gasteiger partial charge in [-0.2, -0.15) is 0 Å². The number of para-hydroxylation sites is 1. The highest BCUT2D eigenvalue weighted by atomic mass is 35.5. The van der Waals surface area contributed by atoms with E-state index in [0.717, 1.165) is 12.0 Å². The summed E-state index contributed by atoms with van der Waals surface area (Å²) >= 11 is 6.04. The molecule has 0 amide bonds. The number of ether oxygens (including phenoxy) is 1. The lowest BCUT2D eigenvalue weighted by Crippen LogP contribution is -2.01. The standard InChI is InChI=1S/C15H15ClFNO/c1-2-10-8-12(6-7-13(10)16)19-15-11(9-18)4-3-5-14(15)17/h3-8H,2,9,18H2,1H3. The molecule has 2 aromatic rings. The number of hydrogen-bond acceptors (Lipinski definition) is 2. The van der Waals surface area contributed by atoms with Crippen molar-refractivity contribution in [2.75, 3.05) is 0 Å². The highest BCUT2D eigenvalue weighted by Gasteiger charge is 2.10. The van der Waals surface area contributed by atoms with Crippen LogP contribution in [0.1, 0.15) is 18.1 Å². The van der Waals surface area contributed by atoms with Gasteiger partial charge in [0.2, 0.25) is 0 Å². The Hall–Kier alpha value is -1.58. The van der Waals surface area contributed by atoms with Crippen LogP contribution >= 0.6 is 11.6 Å². The molecule has 0 aliphatic carbocycles. The molecule has 4 heteroatoms. The minimum absolute atomic E-state index is 0.175. The zero-order chi connectivity index (χ0) is 13.8. The number of hydrogen-bond donors (Lipinski definition) is 1. The van der Waals surface area contributed by atoms with Gasteiger partial charge in [-0.3, -0.25) is 0 Å². The highest BCUT2D eigenvalue weighted by molar-refractivity contribution is 6.31. The van der Waals surface area contributed by atoms with Crippen molar-refractivity contribution in [1.29, 1.82) is 0 Å². The van der Waals surface area contributed by atoms with Crippen LogP contribution in [0.2, 0.25) is 5.02 Å². The summed E-state index contributed by atoms with van der Waals surface area (Å²) in [5, 5.41) is 0.683. The maximum atomic E-state index is 13.8. The summed E-state index contributed by atoms with van der Waals surface area (Å²) in [5.74, 6) is 0.311. The molecule has 19 heavy (non-hydrogen) atoms. The fraction of sp³-hybridized carbons (Fsp3) is 0.200. The lowest BCUT2D eigenvalue weighted by Gasteiger charge is -2.12. The molecular formula is C15H15ClFNO. The number of benzene rings is 2. The fourth-order valence-corrected chi connectivity index (χ4v) is 2.08. The molecule has 0 aromatic heterocycles. The van der Waals surface area contributed by atoms with E-state index in [-0.39, 0.29) is 12.3 Å². The van der Waals surface area contributed by atoms with Gasteiger partial charge in [0.25, 0.3) is 0 Å². The van der Waals surface area contributed by atoms with E-state index in [1.54, 1.807) is 24.3 Å². The van der Waals surface area contributed by atoms with Gasteiger partial charge in [0.05, 0.1) is 0 Å². The summed E-state index contributed by atoms with van der Waals surface area (Å²) in [5.41, 5.74) is 7.18. The van der Waals surface area contributed by atoms with E-state index in [9.17, 15) is 4.39 Å². The second-order valence-electron chi connectivity index (χ2n) is 4.14. The molecule has 0 spiro atoms. The van der Waals surface area contributed by atoms with E-state index in [1.165, 1.54) is 6.07 Å². The van der Waals surface area contributed by atoms with Crippen LogP contribution in [0.3, 0.4) is 0 Å². The first-order valence-electron chi connectivity index (χ1n) is 6.09. The van der Waals surface area contributed by atoms with Crippen LogP contribution in [-0.2, 0) is 13.0 Å². The Morgan fingerprint density at radius 3 is 2.68 bits per heavy atom. The summed E-state index contributed by atoms with van der Waals surface area (Å²) in [6, 6.07) is 9.99. The molecule has 0 saturated carbocycles. The largest absolute Gasteiger partial charge is 0.454 e. The maximum absolute atomic E-state index is 13.8. The lowest BCUT2D eigenvalue weighted by molar-refractivity contribution is 0.436. The minimum Gasteiger partial charge on any atom is -0.454 e. The molecule has 2 N–H and O–H groups in total. The lowest BCUT2D eigenvalue weighted by atomic mass is 10.1. The van der Waals surface area contributed by atoms with E-state index in [4.69, 9.17) is 22.1 Å². The van der Waals surface area contributed by atoms with Crippen LogP contribution in [-0.4, -0.2) is 0 Å². The molecule has 0 fully saturated rings. The van der Waals surface area contributed by atoms with E-state index in [1.807, 2.05) is 13.0 Å². The van der Waals surface area contributed by atoms with Gasteiger partial charge in [-0.1, -0.05) is 30.7 Å². The Kier molecular flexibility index (Phi) is 4.40. The normalized spacial score (nSPS) is 10.5. The van der Waals surface area contributed by atoms with Crippen molar-refractivity contribution in [3.63, 3.8) is 0 Å². The van der Waals surface area contributed by atoms with Crippen LogP contribution in [0.15, 0.2) is 36.4 Å². The fourth-order valence-electron chi connectivity index (χ4n) is 1.83. The Balaban J connectivity index is 2.36. The molecule has 2 nitrogen and oxygen atoms in total. The average molecular weight is 280 g/mol. The van der Waals surface area contributed by atoms with E-state index in [0.29, 0.717) is 16.3 Å². The molecule has 0 aliphatic rings. The molecule has 100 valence electrons. The van der Waals surface area contributed by atoms with Gasteiger partial charge in [-0.05, 0) is 36.2 Å². The smallest absolute Gasteiger partial charge is 0.167 e. The first-order valence-corrected chi connectivity index (χ1v) is 6.47. The van der Waals surface area contributed by atoms with Crippen molar-refractivity contribution in [1.82, 2.24) is 0 Å². The van der Waals surface area contributed by atoms with Gasteiger partial charge in [0.1, 0.15) is 5.75 Å². The van der Waals surface area contributed by atoms with Crippen molar-refractivity contribution in [3.8, 4) is 11.5 Å². The van der Waals surface area contributed by atoms with Crippen LogP contribution in [0.4, 0.5) is 4.39 Å². The summed E-state index contributed by atoms with van der Waals surface area (Å²) in [4.78, 5) is 0. The molecule has 0 unspecified atom stereocenters. The predicted molar refractivity (Wildman–Crippen MR) is 75.2 cm³/mol. The zero-order valence-electron chi connectivity index (χ0n) is 10.6. The number of halogens is 2. The minimum atomic E-state index is -0.420. The maximum Gasteiger partial charge on any atom is 0.167 e. The van der Waals surface area contributed by atoms with Crippen LogP contribution in [0.5, 0.6) is 11.5 Å². The van der Waals surface area contributed by atoms with E-state index in [2.05, 4.69) is 0 Å². The van der Waals surface area contributed by atoms with Gasteiger partial charge in [-0.25, -0.2) is 4.39 Å². The topological polar surface area (TPSA) is 35.2 Å². The molecule has 0 aliphatic heterocycles. The van der Waals surface area contributed by atoms with Gasteiger partial charge in [0.15, 0.2) is 11.6 Å². The number of rotatable bonds is 4. The summed E-state index contributed by atoms with van der Waals surface area (Å²) < 4.78 is 19.4. The van der Waals surface area contributed by atoms with E-state index >= 15 is 0 Å². The monoisotopic (exact) mass is 279 g/mol. The van der Waals surface area contributed by atoms with Crippen LogP contribution in [0.25, 0.3) is 0 Å². The SMILES string of the molecule is CCc1cc(Oc2c(F)cccc2CN)ccc1Cl. The second kappa shape index (κ2) is 6.04. The average Bonchev–Trinajstić information content (AvgIpc) is 2.43. The summed E-state index contributed by atoms with van der Waals surface area (Å²) in [7, 11) is 0. The van der Waals surface area contributed by atoms with Gasteiger partial charge in [0, 0.05) is 17.1 Å². The van der Waals surface area contributed by atoms with Crippen LogP contribution in [0, 0.1) is 5.82 Å². The van der Waals surface area contributed by atoms with Crippen molar-refractivity contribution in [2.24, 2.45) is 5.73 Å². The highest BCUT2D eigenvalue weighted by Crippen LogP contribution is 2.30. The third kappa shape index (κ3) is 3.06. The quantitative estimate of drug-likeness (QED) is 0.906. The molecule has 0 heterocycles. The van der Waals surface area contributed by atoms with Gasteiger partial charge >= 0.3 is 0 Å². The molecular weight excluding hydrogens is 265 g/mol. The Bertz CT molecular complexity index is 586. The molecule has 2 rings (SSSR count). The molecule has 0 atom stereocenters. The van der Waals surface area contributed by atoms with E-state index < -0.39 is 5.82 Å². The third-order valence-electron chi connectivity index (χ3n) is 2.89. The molecule has 0 bridgehead atoms. The Labute approximate surface area is 117 Å². The third-order valence-corrected chi connectivity index (χ3v) is 3.26. The van der Waals surface area contributed by atoms with Crippen molar-refractivity contribution >= 4 is 11.6 Å². The van der Waals surface area contributed by atoms with Crippen molar-refractivity contribution in [2.45, 2.75) is 19.9 Å². The van der Waals surface area contributed by atoms with Crippen LogP contribution < -0.4 is 10.5 Å². The first-order chi connectivity index (χ1) is 9.15. The zero-order valence-corrected chi connectivity index (χ0v) is 11.4. The first kappa shape index (κ1) is 13.8. The summed E-state index contributed by atoms with van der Waals surface area (Å²) in [6.07, 6.45) is 0.789. The predicted octanol–water partition coefficient (Wildman–Crippen LogP) is 4.29. The number of aryl methyl sites for hydroxylation is 1. The van der Waals surface area contributed by atoms with Crippen molar-refractivity contribution < 1.29 is 9.13 Å². The Morgan fingerprint density at radius 1 is 1.21 bits per heavy atom. The Morgan fingerprint density at radius 2 is 2.00 bits per heavy atom. The molecule has 2 aromatic carbocycles. The molecule has 0 radical (unpaired) electrons. The van der Waals surface area contributed by atoms with Crippen molar-refractivity contribution in [3.05, 3.63) is 58.4 Å². The summed E-state index contributed by atoms with van der Waals surface area (Å²) in [6.45, 7) is 2.22. The van der Waals surface area contributed by atoms with Gasteiger partial charge < -0.3 is 10.5 Å². The molecule has 0 saturated heterocycles. The van der Waals surface area contributed by atoms with Gasteiger partial charge in [-0.15, -0.1) is 0 Å². The number of nitrogens with two attached hydrogens (primary N) is 1.